The van der Waals surface area contributed by atoms with Gasteiger partial charge in [0.1, 0.15) is 19.0 Å². The average Bonchev–Trinajstić information content (AvgIpc) is 3.01. The van der Waals surface area contributed by atoms with E-state index in [0.29, 0.717) is 43.2 Å². The van der Waals surface area contributed by atoms with Crippen LogP contribution in [-0.4, -0.2) is 88.5 Å². The molecule has 0 saturated carbocycles. The fourth-order valence-corrected chi connectivity index (χ4v) is 3.42. The fourth-order valence-electron chi connectivity index (χ4n) is 3.42. The van der Waals surface area contributed by atoms with E-state index in [1.54, 1.807) is 62.6 Å². The Balaban J connectivity index is 1.52. The summed E-state index contributed by atoms with van der Waals surface area (Å²) in [7, 11) is 1.55. The van der Waals surface area contributed by atoms with Crippen LogP contribution in [0.25, 0.3) is 11.4 Å². The van der Waals surface area contributed by atoms with Gasteiger partial charge in [-0.3, -0.25) is 9.59 Å². The van der Waals surface area contributed by atoms with Gasteiger partial charge in [-0.15, -0.1) is 20.4 Å². The summed E-state index contributed by atoms with van der Waals surface area (Å²) in [6.45, 7) is 2.75. The van der Waals surface area contributed by atoms with Crippen LogP contribution in [0.5, 0.6) is 5.75 Å². The Morgan fingerprint density at radius 3 is 2.45 bits per heavy atom. The minimum Gasteiger partial charge on any atom is -0.461 e. The largest absolute Gasteiger partial charge is 0.461 e. The lowest BCUT2D eigenvalue weighted by molar-refractivity contribution is -0.145. The molecule has 2 N–H and O–H groups in total. The second kappa shape index (κ2) is 17.3. The Hall–Kier alpha value is -4.53. The molecule has 42 heavy (non-hydrogen) atoms. The van der Waals surface area contributed by atoms with E-state index in [2.05, 4.69) is 25.7 Å². The highest BCUT2D eigenvalue weighted by atomic mass is 16.6. The molecule has 0 bridgehead atoms. The minimum atomic E-state index is -0.608. The zero-order valence-corrected chi connectivity index (χ0v) is 23.5. The van der Waals surface area contributed by atoms with E-state index < -0.39 is 12.1 Å². The fraction of sp³-hybridized carbons (Fsp3) is 0.393. The lowest BCUT2D eigenvalue weighted by Gasteiger charge is -2.19. The van der Waals surface area contributed by atoms with Crippen LogP contribution < -0.4 is 10.1 Å². The van der Waals surface area contributed by atoms with Gasteiger partial charge < -0.3 is 34.3 Å². The third-order valence-electron chi connectivity index (χ3n) is 5.63. The summed E-state index contributed by atoms with van der Waals surface area (Å²) in [6.07, 6.45) is -0.108. The van der Waals surface area contributed by atoms with Crippen molar-refractivity contribution >= 4 is 23.7 Å². The Kier molecular flexibility index (Phi) is 13.2. The number of carbonyl (C=O) groups excluding carboxylic acids is 3. The number of hydrogen-bond donors (Lipinski definition) is 2. The average molecular weight is 583 g/mol. The van der Waals surface area contributed by atoms with Crippen molar-refractivity contribution in [2.45, 2.75) is 32.9 Å². The molecule has 2 aromatic carbocycles. The van der Waals surface area contributed by atoms with Crippen LogP contribution in [0.3, 0.4) is 0 Å². The molecule has 1 heterocycles. The summed E-state index contributed by atoms with van der Waals surface area (Å²) in [5.74, 6) is 0.0726. The first-order valence-electron chi connectivity index (χ1n) is 13.3. The van der Waals surface area contributed by atoms with Crippen LogP contribution >= 0.6 is 0 Å². The van der Waals surface area contributed by atoms with Gasteiger partial charge in [-0.2, -0.15) is 0 Å². The van der Waals surface area contributed by atoms with Crippen molar-refractivity contribution in [1.82, 2.24) is 25.3 Å². The molecule has 0 unspecified atom stereocenters. The number of methoxy groups -OCH3 is 1. The Morgan fingerprint density at radius 2 is 1.76 bits per heavy atom. The van der Waals surface area contributed by atoms with Crippen molar-refractivity contribution < 1.29 is 38.4 Å². The number of rotatable bonds is 16. The molecule has 0 radical (unpaired) electrons. The molecule has 0 saturated heterocycles. The summed E-state index contributed by atoms with van der Waals surface area (Å²) >= 11 is 0. The first-order chi connectivity index (χ1) is 20.4. The Bertz CT molecular complexity index is 1290. The highest BCUT2D eigenvalue weighted by Gasteiger charge is 2.17. The highest BCUT2D eigenvalue weighted by Crippen LogP contribution is 2.19. The van der Waals surface area contributed by atoms with Gasteiger partial charge >= 0.3 is 12.1 Å². The third kappa shape index (κ3) is 10.8. The van der Waals surface area contributed by atoms with Crippen molar-refractivity contribution in [3.8, 4) is 17.1 Å². The molecule has 14 heteroatoms. The topological polar surface area (TPSA) is 175 Å². The van der Waals surface area contributed by atoms with Gasteiger partial charge in [0, 0.05) is 37.9 Å². The zero-order chi connectivity index (χ0) is 30.2. The summed E-state index contributed by atoms with van der Waals surface area (Å²) in [6, 6.07) is 13.5. The first kappa shape index (κ1) is 32.0. The van der Waals surface area contributed by atoms with E-state index in [1.807, 2.05) is 0 Å². The number of esters is 1. The lowest BCUT2D eigenvalue weighted by atomic mass is 10.2. The molecule has 14 nitrogen and oxygen atoms in total. The zero-order valence-electron chi connectivity index (χ0n) is 23.5. The molecule has 0 aliphatic carbocycles. The van der Waals surface area contributed by atoms with Crippen LogP contribution in [-0.2, 0) is 37.0 Å². The molecule has 0 aliphatic heterocycles. The summed E-state index contributed by atoms with van der Waals surface area (Å²) in [5.41, 5.74) is 1.85. The molecule has 3 aromatic rings. The number of benzene rings is 2. The molecule has 3 rings (SSSR count). The molecule has 0 atom stereocenters. The van der Waals surface area contributed by atoms with Crippen molar-refractivity contribution in [2.24, 2.45) is 0 Å². The van der Waals surface area contributed by atoms with Crippen LogP contribution in [0.15, 0.2) is 48.5 Å². The summed E-state index contributed by atoms with van der Waals surface area (Å²) < 4.78 is 20.7. The lowest BCUT2D eigenvalue weighted by Crippen LogP contribution is -2.33. The number of anilines is 1. The van der Waals surface area contributed by atoms with Crippen molar-refractivity contribution in [1.29, 1.82) is 0 Å². The number of ether oxygens (including phenoxy) is 4. The maximum absolute atomic E-state index is 12.7. The second-order valence-corrected chi connectivity index (χ2v) is 8.83. The summed E-state index contributed by atoms with van der Waals surface area (Å²) in [4.78, 5) is 37.8. The van der Waals surface area contributed by atoms with Crippen molar-refractivity contribution in [3.63, 3.8) is 0 Å². The predicted molar refractivity (Wildman–Crippen MR) is 149 cm³/mol. The highest BCUT2D eigenvalue weighted by molar-refractivity contribution is 5.92. The van der Waals surface area contributed by atoms with E-state index in [0.717, 1.165) is 5.56 Å². The number of nitrogens with zero attached hydrogens (tertiary/aromatic N) is 5. The molecular formula is C28H34N6O8. The van der Waals surface area contributed by atoms with Crippen LogP contribution in [0.2, 0.25) is 0 Å². The number of amides is 2. The number of carbonyl (C=O) groups is 3. The first-order valence-corrected chi connectivity index (χ1v) is 13.3. The van der Waals surface area contributed by atoms with Crippen LogP contribution in [0, 0.1) is 0 Å². The molecule has 0 fully saturated rings. The van der Waals surface area contributed by atoms with Crippen LogP contribution in [0.4, 0.5) is 10.5 Å². The Labute approximate surface area is 243 Å². The van der Waals surface area contributed by atoms with Crippen LogP contribution in [0.1, 0.15) is 31.2 Å². The normalized spacial score (nSPS) is 10.6. The van der Waals surface area contributed by atoms with Gasteiger partial charge in [-0.1, -0.05) is 24.3 Å². The number of aromatic nitrogens is 4. The van der Waals surface area contributed by atoms with E-state index in [4.69, 9.17) is 24.1 Å². The Morgan fingerprint density at radius 1 is 1.00 bits per heavy atom. The maximum atomic E-state index is 12.7. The van der Waals surface area contributed by atoms with Crippen molar-refractivity contribution in [2.75, 3.05) is 45.4 Å². The number of aliphatic hydroxyl groups excluding tert-OH is 1. The second-order valence-electron chi connectivity index (χ2n) is 8.83. The van der Waals surface area contributed by atoms with Gasteiger partial charge in [0.2, 0.25) is 11.7 Å². The monoisotopic (exact) mass is 582 g/mol. The molecule has 1 aromatic heterocycles. The maximum Gasteiger partial charge on any atom is 0.415 e. The molecule has 0 aliphatic rings. The smallest absolute Gasteiger partial charge is 0.415 e. The standard InChI is InChI=1S/C28H34N6O8/c1-3-34(28(38)42-23-11-9-20(10-12-23)18-41-26(37)8-5-13-35)17-24-30-32-27(33-31-24)21-6-4-7-22(16-21)29-25(36)19-40-15-14-39-2/h4,6-7,9-12,16,35H,3,5,8,13-15,17-19H2,1-2H3,(H,29,36). The van der Waals surface area contributed by atoms with Gasteiger partial charge in [-0.25, -0.2) is 4.79 Å². The van der Waals surface area contributed by atoms with E-state index >= 15 is 0 Å². The van der Waals surface area contributed by atoms with E-state index in [9.17, 15) is 14.4 Å². The SMILES string of the molecule is CCN(Cc1nnc(-c2cccc(NC(=O)COCCOC)c2)nn1)C(=O)Oc1ccc(COC(=O)CCCO)cc1. The van der Waals surface area contributed by atoms with Gasteiger partial charge in [0.25, 0.3) is 0 Å². The van der Waals surface area contributed by atoms with Crippen molar-refractivity contribution in [3.05, 3.63) is 59.9 Å². The molecule has 0 spiro atoms. The molecule has 2 amide bonds. The number of aliphatic hydroxyl groups is 1. The number of nitrogens with one attached hydrogen (secondary N) is 1. The van der Waals surface area contributed by atoms with E-state index in [1.165, 1.54) is 4.90 Å². The quantitative estimate of drug-likeness (QED) is 0.187. The molecule has 224 valence electrons. The van der Waals surface area contributed by atoms with E-state index in [-0.39, 0.29) is 50.3 Å². The van der Waals surface area contributed by atoms with Gasteiger partial charge in [0.05, 0.1) is 19.8 Å². The minimum absolute atomic E-state index is 0.0245. The summed E-state index contributed by atoms with van der Waals surface area (Å²) in [5, 5.41) is 28.0. The van der Waals surface area contributed by atoms with Gasteiger partial charge in [-0.05, 0) is 43.2 Å². The number of hydrogen-bond acceptors (Lipinski definition) is 12. The molecular weight excluding hydrogens is 548 g/mol. The predicted octanol–water partition coefficient (Wildman–Crippen LogP) is 2.37. The third-order valence-corrected chi connectivity index (χ3v) is 5.63. The van der Waals surface area contributed by atoms with Gasteiger partial charge in [0.15, 0.2) is 5.82 Å².